The van der Waals surface area contributed by atoms with Crippen LogP contribution >= 0.6 is 0 Å². The van der Waals surface area contributed by atoms with Crippen molar-refractivity contribution >= 4 is 17.9 Å². The monoisotopic (exact) mass is 335 g/mol. The average Bonchev–Trinajstić information content (AvgIpc) is 2.52. The molecule has 1 aromatic heterocycles. The molecule has 24 heavy (non-hydrogen) atoms. The minimum atomic E-state index is -0.571. The van der Waals surface area contributed by atoms with Gasteiger partial charge in [0.15, 0.2) is 0 Å². The Kier molecular flexibility index (Phi) is 5.58. The van der Waals surface area contributed by atoms with Crippen molar-refractivity contribution in [1.82, 2.24) is 15.3 Å². The summed E-state index contributed by atoms with van der Waals surface area (Å²) in [4.78, 5) is 33.4. The molecule has 3 N–H and O–H groups in total. The van der Waals surface area contributed by atoms with Crippen molar-refractivity contribution in [3.05, 3.63) is 18.0 Å². The number of hydrogen-bond acceptors (Lipinski definition) is 6. The molecule has 2 heterocycles. The molecule has 0 aromatic carbocycles. The summed E-state index contributed by atoms with van der Waals surface area (Å²) in [6.45, 7) is 7.54. The molecular weight excluding hydrogens is 310 g/mol. The molecule has 0 bridgehead atoms. The summed E-state index contributed by atoms with van der Waals surface area (Å²) in [5, 5.41) is 2.81. The molecular formula is C16H25N5O3. The number of carbonyl (C=O) groups is 2. The first-order valence-corrected chi connectivity index (χ1v) is 8.09. The molecule has 132 valence electrons. The number of carbonyl (C=O) groups excluding carboxylic acids is 2. The van der Waals surface area contributed by atoms with E-state index in [0.717, 1.165) is 19.4 Å². The predicted octanol–water partition coefficient (Wildman–Crippen LogP) is 1.32. The first-order chi connectivity index (χ1) is 11.2. The highest BCUT2D eigenvalue weighted by molar-refractivity contribution is 5.90. The van der Waals surface area contributed by atoms with Crippen LogP contribution in [0.1, 0.15) is 44.1 Å². The van der Waals surface area contributed by atoms with Gasteiger partial charge < -0.3 is 20.7 Å². The second-order valence-electron chi connectivity index (χ2n) is 6.94. The van der Waals surface area contributed by atoms with E-state index in [1.54, 1.807) is 0 Å². The number of aromatic nitrogens is 2. The van der Waals surface area contributed by atoms with E-state index in [-0.39, 0.29) is 11.6 Å². The van der Waals surface area contributed by atoms with Gasteiger partial charge in [0.25, 0.3) is 5.91 Å². The number of nitrogens with zero attached hydrogens (tertiary/aromatic N) is 3. The van der Waals surface area contributed by atoms with Crippen LogP contribution in [0.15, 0.2) is 12.3 Å². The highest BCUT2D eigenvalue weighted by Crippen LogP contribution is 2.20. The summed E-state index contributed by atoms with van der Waals surface area (Å²) in [7, 11) is 0. The van der Waals surface area contributed by atoms with Crippen molar-refractivity contribution in [2.75, 3.05) is 24.5 Å². The summed E-state index contributed by atoms with van der Waals surface area (Å²) in [5.74, 6) is 0.194. The van der Waals surface area contributed by atoms with E-state index in [1.165, 1.54) is 12.3 Å². The van der Waals surface area contributed by atoms with Gasteiger partial charge in [0.05, 0.1) is 0 Å². The third-order valence-electron chi connectivity index (χ3n) is 3.63. The molecule has 1 aliphatic rings. The fourth-order valence-electron chi connectivity index (χ4n) is 2.59. The van der Waals surface area contributed by atoms with E-state index in [2.05, 4.69) is 15.3 Å². The molecule has 0 spiro atoms. The zero-order chi connectivity index (χ0) is 17.7. The molecule has 1 unspecified atom stereocenters. The zero-order valence-corrected chi connectivity index (χ0v) is 14.4. The number of ether oxygens (including phenoxy) is 1. The number of nitrogens with two attached hydrogens (primary N) is 1. The summed E-state index contributed by atoms with van der Waals surface area (Å²) < 4.78 is 5.24. The number of primary amides is 1. The van der Waals surface area contributed by atoms with Gasteiger partial charge in [-0.05, 0) is 45.6 Å². The Bertz CT molecular complexity index is 600. The van der Waals surface area contributed by atoms with Crippen LogP contribution in [0.3, 0.4) is 0 Å². The maximum absolute atomic E-state index is 11.7. The maximum Gasteiger partial charge on any atom is 0.407 e. The van der Waals surface area contributed by atoms with Gasteiger partial charge in [-0.15, -0.1) is 0 Å². The second-order valence-corrected chi connectivity index (χ2v) is 6.94. The lowest BCUT2D eigenvalue weighted by Crippen LogP contribution is -2.42. The lowest BCUT2D eigenvalue weighted by atomic mass is 9.98. The summed E-state index contributed by atoms with van der Waals surface area (Å²) in [5.41, 5.74) is 4.96. The smallest absolute Gasteiger partial charge is 0.407 e. The van der Waals surface area contributed by atoms with E-state index >= 15 is 0 Å². The van der Waals surface area contributed by atoms with Crippen LogP contribution < -0.4 is 16.0 Å². The van der Waals surface area contributed by atoms with Gasteiger partial charge in [-0.25, -0.2) is 14.8 Å². The number of amides is 2. The van der Waals surface area contributed by atoms with Gasteiger partial charge in [0.2, 0.25) is 5.95 Å². The molecule has 2 rings (SSSR count). The largest absolute Gasteiger partial charge is 0.444 e. The van der Waals surface area contributed by atoms with Gasteiger partial charge in [-0.2, -0.15) is 0 Å². The third kappa shape index (κ3) is 5.36. The predicted molar refractivity (Wildman–Crippen MR) is 89.7 cm³/mol. The van der Waals surface area contributed by atoms with Crippen LogP contribution in [-0.2, 0) is 4.74 Å². The van der Waals surface area contributed by atoms with Gasteiger partial charge in [0.1, 0.15) is 11.3 Å². The van der Waals surface area contributed by atoms with Gasteiger partial charge >= 0.3 is 6.09 Å². The summed E-state index contributed by atoms with van der Waals surface area (Å²) in [6.07, 6.45) is 3.09. The molecule has 1 aromatic rings. The highest BCUT2D eigenvalue weighted by atomic mass is 16.6. The maximum atomic E-state index is 11.7. The van der Waals surface area contributed by atoms with Gasteiger partial charge in [-0.1, -0.05) is 0 Å². The minimum absolute atomic E-state index is 0.203. The first kappa shape index (κ1) is 18.0. The number of piperidine rings is 1. The molecule has 1 aliphatic heterocycles. The molecule has 1 saturated heterocycles. The first-order valence-electron chi connectivity index (χ1n) is 8.09. The molecule has 0 saturated carbocycles. The minimum Gasteiger partial charge on any atom is -0.444 e. The molecule has 0 radical (unpaired) electrons. The number of alkyl carbamates (subject to hydrolysis) is 1. The van der Waals surface area contributed by atoms with E-state index in [9.17, 15) is 9.59 Å². The van der Waals surface area contributed by atoms with Crippen LogP contribution in [0.4, 0.5) is 10.7 Å². The Morgan fingerprint density at radius 2 is 2.21 bits per heavy atom. The average molecular weight is 335 g/mol. The standard InChI is InChI=1S/C16H25N5O3/c1-16(2,3)24-15(23)19-9-11-5-4-8-21(10-11)14-18-7-6-12(20-14)13(17)22/h6-7,11H,4-5,8-10H2,1-3H3,(H2,17,22)(H,19,23). The van der Waals surface area contributed by atoms with Crippen molar-refractivity contribution in [3.63, 3.8) is 0 Å². The summed E-state index contributed by atoms with van der Waals surface area (Å²) in [6, 6.07) is 1.50. The van der Waals surface area contributed by atoms with Crippen molar-refractivity contribution in [2.24, 2.45) is 11.7 Å². The molecule has 8 heteroatoms. The molecule has 1 fully saturated rings. The molecule has 2 amide bonds. The van der Waals surface area contributed by atoms with E-state index in [4.69, 9.17) is 10.5 Å². The Morgan fingerprint density at radius 1 is 1.46 bits per heavy atom. The molecule has 8 nitrogen and oxygen atoms in total. The van der Waals surface area contributed by atoms with E-state index in [0.29, 0.717) is 19.0 Å². The fraction of sp³-hybridized carbons (Fsp3) is 0.625. The third-order valence-corrected chi connectivity index (χ3v) is 3.63. The topological polar surface area (TPSA) is 110 Å². The van der Waals surface area contributed by atoms with Crippen molar-refractivity contribution in [2.45, 2.75) is 39.2 Å². The van der Waals surface area contributed by atoms with Crippen molar-refractivity contribution in [1.29, 1.82) is 0 Å². The molecule has 1 atom stereocenters. The molecule has 0 aliphatic carbocycles. The lowest BCUT2D eigenvalue weighted by Gasteiger charge is -2.33. The van der Waals surface area contributed by atoms with Crippen LogP contribution in [0.5, 0.6) is 0 Å². The van der Waals surface area contributed by atoms with Gasteiger partial charge in [-0.3, -0.25) is 4.79 Å². The van der Waals surface area contributed by atoms with Crippen LogP contribution in [0.2, 0.25) is 0 Å². The number of nitrogens with one attached hydrogen (secondary N) is 1. The number of hydrogen-bond donors (Lipinski definition) is 2. The van der Waals surface area contributed by atoms with Crippen LogP contribution in [0, 0.1) is 5.92 Å². The Balaban J connectivity index is 1.91. The van der Waals surface area contributed by atoms with Crippen molar-refractivity contribution < 1.29 is 14.3 Å². The van der Waals surface area contributed by atoms with Crippen LogP contribution in [0.25, 0.3) is 0 Å². The number of anilines is 1. The zero-order valence-electron chi connectivity index (χ0n) is 14.4. The van der Waals surface area contributed by atoms with E-state index in [1.807, 2.05) is 25.7 Å². The van der Waals surface area contributed by atoms with Gasteiger partial charge in [0, 0.05) is 25.8 Å². The summed E-state index contributed by atoms with van der Waals surface area (Å²) >= 11 is 0. The Labute approximate surface area is 141 Å². The quantitative estimate of drug-likeness (QED) is 0.858. The normalized spacial score (nSPS) is 18.1. The van der Waals surface area contributed by atoms with Crippen LogP contribution in [-0.4, -0.2) is 47.2 Å². The SMILES string of the molecule is CC(C)(C)OC(=O)NCC1CCCN(c2nccc(C(N)=O)n2)C1. The second kappa shape index (κ2) is 7.46. The Hall–Kier alpha value is -2.38. The highest BCUT2D eigenvalue weighted by Gasteiger charge is 2.24. The van der Waals surface area contributed by atoms with E-state index < -0.39 is 17.6 Å². The van der Waals surface area contributed by atoms with Crippen molar-refractivity contribution in [3.8, 4) is 0 Å². The fourth-order valence-corrected chi connectivity index (χ4v) is 2.59. The lowest BCUT2D eigenvalue weighted by molar-refractivity contribution is 0.0517. The number of rotatable bonds is 4. The Morgan fingerprint density at radius 3 is 2.88 bits per heavy atom.